The van der Waals surface area contributed by atoms with Crippen molar-refractivity contribution >= 4 is 22.2 Å². The van der Waals surface area contributed by atoms with Crippen LogP contribution in [0.3, 0.4) is 0 Å². The molecule has 1 fully saturated rings. The van der Waals surface area contributed by atoms with E-state index in [1.807, 2.05) is 0 Å². The molecule has 0 radical (unpaired) electrons. The largest absolute Gasteiger partial charge is 0.459 e. The number of rotatable bonds is 6. The Morgan fingerprint density at radius 1 is 1.28 bits per heavy atom. The molecule has 0 unspecified atom stereocenters. The fourth-order valence-electron chi connectivity index (χ4n) is 3.07. The first-order valence-electron chi connectivity index (χ1n) is 8.57. The van der Waals surface area contributed by atoms with Crippen molar-refractivity contribution in [2.45, 2.75) is 20.4 Å². The van der Waals surface area contributed by atoms with Gasteiger partial charge in [-0.25, -0.2) is 0 Å². The summed E-state index contributed by atoms with van der Waals surface area (Å²) in [4.78, 5) is 18.2. The Kier molecular flexibility index (Phi) is 5.90. The number of β-amino-alcohol motifs (C(OH)–C–C–N with tert-alkyl or cyclic N) is 1. The summed E-state index contributed by atoms with van der Waals surface area (Å²) in [6, 6.07) is 3.38. The molecule has 3 heterocycles. The van der Waals surface area contributed by atoms with Crippen LogP contribution in [0.2, 0.25) is 0 Å². The quantitative estimate of drug-likeness (QED) is 0.824. The number of furan rings is 1. The number of aryl methyl sites for hydroxylation is 1. The van der Waals surface area contributed by atoms with Gasteiger partial charge in [0.25, 0.3) is 5.91 Å². The molecule has 2 N–H and O–H groups in total. The molecule has 0 spiro atoms. The maximum Gasteiger partial charge on any atom is 0.291 e. The van der Waals surface area contributed by atoms with Gasteiger partial charge in [0.2, 0.25) is 0 Å². The second kappa shape index (κ2) is 8.14. The van der Waals surface area contributed by atoms with E-state index in [9.17, 15) is 4.79 Å². The lowest BCUT2D eigenvalue weighted by atomic mass is 10.1. The van der Waals surface area contributed by atoms with E-state index in [-0.39, 0.29) is 12.5 Å². The minimum atomic E-state index is -0.208. The Morgan fingerprint density at radius 3 is 2.64 bits per heavy atom. The molecule has 1 amide bonds. The molecule has 136 valence electrons. The lowest BCUT2D eigenvalue weighted by Gasteiger charge is -2.34. The van der Waals surface area contributed by atoms with Crippen LogP contribution in [0.15, 0.2) is 22.8 Å². The van der Waals surface area contributed by atoms with Crippen LogP contribution in [0.25, 0.3) is 0 Å². The Morgan fingerprint density at radius 2 is 2.00 bits per heavy atom. The van der Waals surface area contributed by atoms with Crippen molar-refractivity contribution in [3.05, 3.63) is 40.2 Å². The van der Waals surface area contributed by atoms with Gasteiger partial charge in [-0.15, -0.1) is 11.3 Å². The van der Waals surface area contributed by atoms with Gasteiger partial charge in [-0.3, -0.25) is 14.6 Å². The predicted molar refractivity (Wildman–Crippen MR) is 99.3 cm³/mol. The van der Waals surface area contributed by atoms with Crippen LogP contribution in [0.5, 0.6) is 0 Å². The smallest absolute Gasteiger partial charge is 0.291 e. The summed E-state index contributed by atoms with van der Waals surface area (Å²) in [6.07, 6.45) is 1.51. The number of nitrogens with one attached hydrogen (secondary N) is 1. The summed E-state index contributed by atoms with van der Waals surface area (Å²) in [5.74, 6) is 0.118. The second-order valence-electron chi connectivity index (χ2n) is 6.36. The number of aliphatic hydroxyl groups excluding tert-OH is 1. The molecule has 2 aromatic rings. The Bertz CT molecular complexity index is 703. The number of aliphatic hydroxyl groups is 1. The summed E-state index contributed by atoms with van der Waals surface area (Å²) in [6.45, 7) is 9.88. The van der Waals surface area contributed by atoms with Crippen molar-refractivity contribution < 1.29 is 14.3 Å². The topological polar surface area (TPSA) is 69.0 Å². The number of piperazine rings is 1. The van der Waals surface area contributed by atoms with Crippen molar-refractivity contribution in [2.75, 3.05) is 44.6 Å². The zero-order valence-corrected chi connectivity index (χ0v) is 15.6. The summed E-state index contributed by atoms with van der Waals surface area (Å²) in [5.41, 5.74) is 2.44. The fourth-order valence-corrected chi connectivity index (χ4v) is 4.14. The molecular weight excluding hydrogens is 338 g/mol. The number of thiophene rings is 1. The molecule has 1 aliphatic heterocycles. The van der Waals surface area contributed by atoms with Gasteiger partial charge in [0.1, 0.15) is 5.00 Å². The molecule has 0 saturated carbocycles. The van der Waals surface area contributed by atoms with Crippen molar-refractivity contribution in [1.29, 1.82) is 0 Å². The molecule has 0 bridgehead atoms. The summed E-state index contributed by atoms with van der Waals surface area (Å²) >= 11 is 1.62. The maximum atomic E-state index is 12.3. The van der Waals surface area contributed by atoms with E-state index in [1.54, 1.807) is 23.5 Å². The average Bonchev–Trinajstić information content (AvgIpc) is 3.22. The van der Waals surface area contributed by atoms with Crippen molar-refractivity contribution in [2.24, 2.45) is 0 Å². The third-order valence-corrected chi connectivity index (χ3v) is 5.91. The van der Waals surface area contributed by atoms with Crippen LogP contribution >= 0.6 is 11.3 Å². The average molecular weight is 363 g/mol. The molecule has 7 heteroatoms. The minimum absolute atomic E-state index is 0.208. The Hall–Kier alpha value is -1.67. The highest BCUT2D eigenvalue weighted by atomic mass is 32.1. The highest BCUT2D eigenvalue weighted by molar-refractivity contribution is 7.16. The molecule has 0 atom stereocenters. The molecule has 25 heavy (non-hydrogen) atoms. The number of hydrogen-bond acceptors (Lipinski definition) is 6. The lowest BCUT2D eigenvalue weighted by molar-refractivity contribution is 0.0996. The fraction of sp³-hybridized carbons (Fsp3) is 0.500. The number of amides is 1. The van der Waals surface area contributed by atoms with Crippen molar-refractivity contribution in [1.82, 2.24) is 9.80 Å². The van der Waals surface area contributed by atoms with Crippen LogP contribution < -0.4 is 5.32 Å². The van der Waals surface area contributed by atoms with E-state index in [1.165, 1.54) is 22.3 Å². The third kappa shape index (κ3) is 4.30. The van der Waals surface area contributed by atoms with Gasteiger partial charge in [0.05, 0.1) is 12.9 Å². The highest BCUT2D eigenvalue weighted by Gasteiger charge is 2.22. The lowest BCUT2D eigenvalue weighted by Crippen LogP contribution is -2.46. The zero-order chi connectivity index (χ0) is 17.8. The van der Waals surface area contributed by atoms with Crippen LogP contribution in [-0.4, -0.2) is 60.1 Å². The molecule has 0 aliphatic carbocycles. The van der Waals surface area contributed by atoms with E-state index in [0.29, 0.717) is 5.76 Å². The van der Waals surface area contributed by atoms with Crippen molar-refractivity contribution in [3.63, 3.8) is 0 Å². The first kappa shape index (κ1) is 18.1. The van der Waals surface area contributed by atoms with Gasteiger partial charge in [-0.2, -0.15) is 0 Å². The maximum absolute atomic E-state index is 12.3. The van der Waals surface area contributed by atoms with E-state index in [2.05, 4.69) is 29.0 Å². The van der Waals surface area contributed by atoms with Gasteiger partial charge < -0.3 is 14.8 Å². The van der Waals surface area contributed by atoms with E-state index in [4.69, 9.17) is 9.52 Å². The molecule has 1 saturated heterocycles. The molecule has 2 aromatic heterocycles. The molecular formula is C18H25N3O3S. The third-order valence-electron chi connectivity index (χ3n) is 4.74. The monoisotopic (exact) mass is 363 g/mol. The van der Waals surface area contributed by atoms with Crippen LogP contribution in [0.4, 0.5) is 5.00 Å². The van der Waals surface area contributed by atoms with Gasteiger partial charge in [-0.05, 0) is 31.5 Å². The van der Waals surface area contributed by atoms with Crippen LogP contribution in [-0.2, 0) is 6.54 Å². The number of anilines is 1. The SMILES string of the molecule is Cc1sc(NC(=O)c2ccco2)c(CN2CCN(CCO)CC2)c1C. The number of hydrogen-bond donors (Lipinski definition) is 2. The van der Waals surface area contributed by atoms with E-state index >= 15 is 0 Å². The minimum Gasteiger partial charge on any atom is -0.459 e. The van der Waals surface area contributed by atoms with Gasteiger partial charge in [0.15, 0.2) is 5.76 Å². The number of nitrogens with zero attached hydrogens (tertiary/aromatic N) is 2. The Labute approximate surface area is 152 Å². The van der Waals surface area contributed by atoms with Crippen LogP contribution in [0, 0.1) is 13.8 Å². The van der Waals surface area contributed by atoms with Crippen molar-refractivity contribution in [3.8, 4) is 0 Å². The first-order chi connectivity index (χ1) is 12.1. The zero-order valence-electron chi connectivity index (χ0n) is 14.7. The first-order valence-corrected chi connectivity index (χ1v) is 9.39. The number of carbonyl (C=O) groups excluding carboxylic acids is 1. The summed E-state index contributed by atoms with van der Waals surface area (Å²) in [7, 11) is 0. The van der Waals surface area contributed by atoms with Gasteiger partial charge in [0, 0.05) is 49.7 Å². The van der Waals surface area contributed by atoms with Gasteiger partial charge in [-0.1, -0.05) is 0 Å². The summed E-state index contributed by atoms with van der Waals surface area (Å²) < 4.78 is 5.19. The molecule has 0 aromatic carbocycles. The molecule has 6 nitrogen and oxygen atoms in total. The normalized spacial score (nSPS) is 16.3. The van der Waals surface area contributed by atoms with E-state index < -0.39 is 0 Å². The van der Waals surface area contributed by atoms with E-state index in [0.717, 1.165) is 44.3 Å². The number of carbonyl (C=O) groups is 1. The predicted octanol–water partition coefficient (Wildman–Crippen LogP) is 2.32. The molecule has 3 rings (SSSR count). The standard InChI is InChI=1S/C18H25N3O3S/c1-13-14(2)25-18(19-17(23)16-4-3-11-24-16)15(13)12-21-7-5-20(6-8-21)9-10-22/h3-4,11,22H,5-10,12H2,1-2H3,(H,19,23). The highest BCUT2D eigenvalue weighted by Crippen LogP contribution is 2.34. The van der Waals surface area contributed by atoms with Crippen LogP contribution in [0.1, 0.15) is 26.6 Å². The molecule has 1 aliphatic rings. The van der Waals surface area contributed by atoms with Gasteiger partial charge >= 0.3 is 0 Å². The second-order valence-corrected chi connectivity index (χ2v) is 7.59. The Balaban J connectivity index is 1.68. The summed E-state index contributed by atoms with van der Waals surface area (Å²) in [5, 5.41) is 13.0.